The predicted molar refractivity (Wildman–Crippen MR) is 42.2 cm³/mol. The van der Waals surface area contributed by atoms with Gasteiger partial charge < -0.3 is 0 Å². The van der Waals surface area contributed by atoms with Gasteiger partial charge in [-0.15, -0.1) is 0 Å². The van der Waals surface area contributed by atoms with Gasteiger partial charge in [-0.05, 0) is 18.1 Å². The number of hydrogen-bond donors (Lipinski definition) is 0. The molecule has 2 rings (SSSR count). The Morgan fingerprint density at radius 1 is 1.18 bits per heavy atom. The first-order valence-corrected chi connectivity index (χ1v) is 5.16. The molecule has 2 nitrogen and oxygen atoms in total. The van der Waals surface area contributed by atoms with E-state index in [4.69, 9.17) is 0 Å². The minimum absolute atomic E-state index is 0.284. The molecule has 0 fully saturated rings. The van der Waals surface area contributed by atoms with Crippen LogP contribution < -0.4 is 0 Å². The molecule has 0 bridgehead atoms. The lowest BCUT2D eigenvalue weighted by atomic mass is 10.2. The van der Waals surface area contributed by atoms with Crippen LogP contribution in [0.2, 0.25) is 0 Å². The fraction of sp³-hybridized carbons (Fsp3) is 0.250. The van der Waals surface area contributed by atoms with Gasteiger partial charge >= 0.3 is 0 Å². The van der Waals surface area contributed by atoms with Crippen molar-refractivity contribution in [3.8, 4) is 0 Å². The maximum absolute atomic E-state index is 11.3. The van der Waals surface area contributed by atoms with Crippen LogP contribution in [0.3, 0.4) is 0 Å². The molecule has 1 aliphatic rings. The first kappa shape index (κ1) is 6.85. The molecular weight excluding hydrogens is 160 g/mol. The van der Waals surface area contributed by atoms with E-state index < -0.39 is 9.84 Å². The zero-order valence-corrected chi connectivity index (χ0v) is 6.76. The lowest BCUT2D eigenvalue weighted by Crippen LogP contribution is -1.97. The van der Waals surface area contributed by atoms with E-state index in [0.29, 0.717) is 11.3 Å². The lowest BCUT2D eigenvalue weighted by molar-refractivity contribution is 0.600. The summed E-state index contributed by atoms with van der Waals surface area (Å²) >= 11 is 0. The maximum atomic E-state index is 11.3. The molecule has 0 saturated carbocycles. The second-order valence-electron chi connectivity index (χ2n) is 2.68. The highest BCUT2D eigenvalue weighted by molar-refractivity contribution is 7.91. The van der Waals surface area contributed by atoms with Crippen molar-refractivity contribution in [1.29, 1.82) is 0 Å². The van der Waals surface area contributed by atoms with E-state index in [-0.39, 0.29) is 5.75 Å². The van der Waals surface area contributed by atoms with Crippen molar-refractivity contribution in [1.82, 2.24) is 0 Å². The average molecular weight is 168 g/mol. The van der Waals surface area contributed by atoms with Crippen molar-refractivity contribution >= 4 is 9.84 Å². The summed E-state index contributed by atoms with van der Waals surface area (Å²) in [5.41, 5.74) is 0.965. The van der Waals surface area contributed by atoms with Gasteiger partial charge in [0.15, 0.2) is 9.84 Å². The van der Waals surface area contributed by atoms with E-state index in [1.165, 1.54) is 0 Å². The fourth-order valence-electron chi connectivity index (χ4n) is 1.37. The van der Waals surface area contributed by atoms with Crippen molar-refractivity contribution in [3.63, 3.8) is 0 Å². The summed E-state index contributed by atoms with van der Waals surface area (Å²) in [6.07, 6.45) is 0.679. The van der Waals surface area contributed by atoms with E-state index in [0.717, 1.165) is 5.56 Å². The monoisotopic (exact) mass is 168 g/mol. The molecule has 0 radical (unpaired) electrons. The molecule has 1 aromatic carbocycles. The van der Waals surface area contributed by atoms with Crippen LogP contribution in [0.1, 0.15) is 5.56 Å². The van der Waals surface area contributed by atoms with E-state index in [2.05, 4.69) is 0 Å². The molecule has 58 valence electrons. The van der Waals surface area contributed by atoms with E-state index >= 15 is 0 Å². The number of hydrogen-bond acceptors (Lipinski definition) is 2. The largest absolute Gasteiger partial charge is 0.224 e. The SMILES string of the molecule is O=S1(=O)CCc2ccccc21. The van der Waals surface area contributed by atoms with Gasteiger partial charge in [-0.3, -0.25) is 0 Å². The van der Waals surface area contributed by atoms with Gasteiger partial charge in [0.25, 0.3) is 0 Å². The average Bonchev–Trinajstić information content (AvgIpc) is 2.29. The highest BCUT2D eigenvalue weighted by atomic mass is 32.2. The summed E-state index contributed by atoms with van der Waals surface area (Å²) in [5, 5.41) is 0. The van der Waals surface area contributed by atoms with Crippen molar-refractivity contribution in [3.05, 3.63) is 29.8 Å². The maximum Gasteiger partial charge on any atom is 0.178 e. The summed E-state index contributed by atoms with van der Waals surface area (Å²) < 4.78 is 22.5. The Kier molecular flexibility index (Phi) is 1.29. The summed E-state index contributed by atoms with van der Waals surface area (Å²) in [6.45, 7) is 0. The van der Waals surface area contributed by atoms with Crippen LogP contribution in [-0.4, -0.2) is 14.2 Å². The van der Waals surface area contributed by atoms with Crippen LogP contribution >= 0.6 is 0 Å². The van der Waals surface area contributed by atoms with Gasteiger partial charge in [-0.25, -0.2) is 8.42 Å². The summed E-state index contributed by atoms with van der Waals surface area (Å²) in [6, 6.07) is 7.19. The van der Waals surface area contributed by atoms with Crippen molar-refractivity contribution in [2.45, 2.75) is 11.3 Å². The van der Waals surface area contributed by atoms with Crippen molar-refractivity contribution in [2.24, 2.45) is 0 Å². The van der Waals surface area contributed by atoms with Crippen LogP contribution in [0.25, 0.3) is 0 Å². The number of aryl methyl sites for hydroxylation is 1. The molecule has 11 heavy (non-hydrogen) atoms. The highest BCUT2D eigenvalue weighted by Crippen LogP contribution is 2.24. The molecule has 1 aliphatic heterocycles. The topological polar surface area (TPSA) is 34.1 Å². The first-order valence-electron chi connectivity index (χ1n) is 3.51. The molecule has 0 atom stereocenters. The number of rotatable bonds is 0. The Labute approximate surface area is 65.8 Å². The van der Waals surface area contributed by atoms with Gasteiger partial charge in [0.05, 0.1) is 10.6 Å². The van der Waals surface area contributed by atoms with E-state index in [9.17, 15) is 8.42 Å². The van der Waals surface area contributed by atoms with Gasteiger partial charge in [0, 0.05) is 0 Å². The standard InChI is InChI=1S/C8H8O2S/c9-11(10)6-5-7-3-1-2-4-8(7)11/h1-4H,5-6H2. The zero-order valence-electron chi connectivity index (χ0n) is 5.95. The lowest BCUT2D eigenvalue weighted by Gasteiger charge is -1.94. The molecule has 0 spiro atoms. The zero-order chi connectivity index (χ0) is 7.90. The Morgan fingerprint density at radius 2 is 1.91 bits per heavy atom. The van der Waals surface area contributed by atoms with Gasteiger partial charge in [0.2, 0.25) is 0 Å². The summed E-state index contributed by atoms with van der Waals surface area (Å²) in [7, 11) is -2.91. The smallest absolute Gasteiger partial charge is 0.178 e. The van der Waals surface area contributed by atoms with Crippen molar-refractivity contribution in [2.75, 3.05) is 5.75 Å². The third-order valence-corrected chi connectivity index (χ3v) is 3.76. The van der Waals surface area contributed by atoms with Crippen LogP contribution in [0, 0.1) is 0 Å². The van der Waals surface area contributed by atoms with E-state index in [1.807, 2.05) is 12.1 Å². The van der Waals surface area contributed by atoms with Gasteiger partial charge in [0.1, 0.15) is 0 Å². The number of fused-ring (bicyclic) bond motifs is 1. The van der Waals surface area contributed by atoms with Gasteiger partial charge in [-0.2, -0.15) is 0 Å². The third-order valence-electron chi connectivity index (χ3n) is 1.95. The number of benzene rings is 1. The second-order valence-corrected chi connectivity index (χ2v) is 4.75. The van der Waals surface area contributed by atoms with Crippen LogP contribution in [0.5, 0.6) is 0 Å². The molecule has 0 saturated heterocycles. The summed E-state index contributed by atoms with van der Waals surface area (Å²) in [4.78, 5) is 0.528. The highest BCUT2D eigenvalue weighted by Gasteiger charge is 2.24. The predicted octanol–water partition coefficient (Wildman–Crippen LogP) is 1.02. The molecule has 0 amide bonds. The van der Waals surface area contributed by atoms with Gasteiger partial charge in [-0.1, -0.05) is 18.2 Å². The molecule has 0 aliphatic carbocycles. The third kappa shape index (κ3) is 0.959. The fourth-order valence-corrected chi connectivity index (χ4v) is 2.93. The second kappa shape index (κ2) is 2.08. The van der Waals surface area contributed by atoms with E-state index in [1.54, 1.807) is 12.1 Å². The Balaban J connectivity index is 2.75. The molecule has 1 aromatic rings. The Morgan fingerprint density at radius 3 is 2.64 bits per heavy atom. The summed E-state index contributed by atoms with van der Waals surface area (Å²) in [5.74, 6) is 0.284. The first-order chi connectivity index (χ1) is 5.20. The normalized spacial score (nSPS) is 19.6. The molecule has 0 N–H and O–H groups in total. The van der Waals surface area contributed by atoms with Crippen LogP contribution in [0.4, 0.5) is 0 Å². The minimum atomic E-state index is -2.91. The molecular formula is C8H8O2S. The Bertz CT molecular complexity index is 379. The Hall–Kier alpha value is -0.830. The molecule has 1 heterocycles. The van der Waals surface area contributed by atoms with Crippen molar-refractivity contribution < 1.29 is 8.42 Å². The molecule has 0 aromatic heterocycles. The van der Waals surface area contributed by atoms with Crippen LogP contribution in [0.15, 0.2) is 29.2 Å². The number of sulfone groups is 1. The minimum Gasteiger partial charge on any atom is -0.224 e. The molecule has 0 unspecified atom stereocenters. The quantitative estimate of drug-likeness (QED) is 0.579. The molecule has 3 heteroatoms. The van der Waals surface area contributed by atoms with Crippen LogP contribution in [-0.2, 0) is 16.3 Å².